The van der Waals surface area contributed by atoms with E-state index in [0.717, 1.165) is 10.5 Å². The average molecular weight is 592 g/mol. The summed E-state index contributed by atoms with van der Waals surface area (Å²) >= 11 is 0. The summed E-state index contributed by atoms with van der Waals surface area (Å²) in [6.45, 7) is 5.24. The van der Waals surface area contributed by atoms with Gasteiger partial charge in [0.15, 0.2) is 5.76 Å². The predicted octanol–water partition coefficient (Wildman–Crippen LogP) is 4.66. The topological polar surface area (TPSA) is 161 Å². The normalized spacial score (nSPS) is 10.6. The minimum absolute atomic E-state index is 0.0183. The number of hydrogen-bond donors (Lipinski definition) is 4. The third kappa shape index (κ3) is 10.7. The van der Waals surface area contributed by atoms with Gasteiger partial charge >= 0.3 is 12.0 Å². The predicted molar refractivity (Wildman–Crippen MR) is 162 cm³/mol. The second-order valence-electron chi connectivity index (χ2n) is 10.4. The van der Waals surface area contributed by atoms with Crippen LogP contribution in [0.5, 0.6) is 0 Å². The Morgan fingerprint density at radius 1 is 0.814 bits per heavy atom. The Kier molecular flexibility index (Phi) is 11.9. The fraction of sp³-hybridized carbons (Fsp3) is 0.323. The molecule has 0 aliphatic rings. The van der Waals surface area contributed by atoms with Crippen molar-refractivity contribution in [2.45, 2.75) is 33.6 Å². The fourth-order valence-corrected chi connectivity index (χ4v) is 4.02. The molecule has 12 nitrogen and oxygen atoms in total. The molecule has 0 fully saturated rings. The van der Waals surface area contributed by atoms with E-state index in [0.29, 0.717) is 23.5 Å². The first-order valence-electron chi connectivity index (χ1n) is 13.9. The molecule has 0 bridgehead atoms. The number of benzene rings is 2. The van der Waals surface area contributed by atoms with Crippen molar-refractivity contribution in [2.24, 2.45) is 5.92 Å². The minimum atomic E-state index is -1.12. The molecule has 43 heavy (non-hydrogen) atoms. The number of furan rings is 1. The summed E-state index contributed by atoms with van der Waals surface area (Å²) in [5.41, 5.74) is 2.59. The lowest BCUT2D eigenvalue weighted by molar-refractivity contribution is -0.138. The quantitative estimate of drug-likeness (QED) is 0.212. The second kappa shape index (κ2) is 15.8. The van der Waals surface area contributed by atoms with Crippen molar-refractivity contribution < 1.29 is 33.5 Å². The molecule has 0 spiro atoms. The van der Waals surface area contributed by atoms with E-state index < -0.39 is 36.3 Å². The van der Waals surface area contributed by atoms with Gasteiger partial charge < -0.3 is 35.3 Å². The molecule has 1 heterocycles. The van der Waals surface area contributed by atoms with Crippen molar-refractivity contribution in [3.63, 3.8) is 0 Å². The molecule has 3 aromatic rings. The molecular formula is C31H37N5O7. The van der Waals surface area contributed by atoms with Crippen LogP contribution in [0, 0.1) is 12.8 Å². The number of amides is 5. The van der Waals surface area contributed by atoms with E-state index >= 15 is 0 Å². The number of carboxylic acid groups (broad SMARTS) is 1. The smallest absolute Gasteiger partial charge is 0.323 e. The molecule has 228 valence electrons. The fourth-order valence-electron chi connectivity index (χ4n) is 4.02. The Labute approximate surface area is 250 Å². The van der Waals surface area contributed by atoms with Crippen LogP contribution in [0.25, 0.3) is 0 Å². The number of carbonyl (C=O) groups excluding carboxylic acids is 4. The molecule has 0 unspecified atom stereocenters. The van der Waals surface area contributed by atoms with Crippen molar-refractivity contribution in [3.8, 4) is 0 Å². The number of aliphatic carboxylic acids is 1. The lowest BCUT2D eigenvalue weighted by atomic mass is 10.1. The number of rotatable bonds is 14. The molecule has 0 aliphatic carbocycles. The van der Waals surface area contributed by atoms with Gasteiger partial charge in [-0.1, -0.05) is 32.0 Å². The molecule has 2 aromatic carbocycles. The zero-order chi connectivity index (χ0) is 31.4. The molecule has 3 rings (SSSR count). The molecule has 0 saturated carbocycles. The molecular weight excluding hydrogens is 554 g/mol. The Morgan fingerprint density at radius 3 is 2.09 bits per heavy atom. The van der Waals surface area contributed by atoms with Gasteiger partial charge in [-0.25, -0.2) is 4.79 Å². The summed E-state index contributed by atoms with van der Waals surface area (Å²) in [5.74, 6) is -2.46. The van der Waals surface area contributed by atoms with Gasteiger partial charge in [0.05, 0.1) is 19.2 Å². The summed E-state index contributed by atoms with van der Waals surface area (Å²) in [6, 6.07) is 16.5. The van der Waals surface area contributed by atoms with Crippen LogP contribution in [0.1, 0.15) is 42.8 Å². The molecule has 0 saturated heterocycles. The molecule has 12 heteroatoms. The summed E-state index contributed by atoms with van der Waals surface area (Å²) in [6.07, 6.45) is 1.57. The standard InChI is InChI=1S/C31H37N5O7/c1-21(2)14-16-35(28(38)20-36(17-15-29(39)40)30(41)26-9-6-18-43-26)19-27(37)32-23-10-12-24(13-11-23)33-31(42)34-25-8-5-4-7-22(25)3/h4-13,18,21H,14-17,19-20H2,1-3H3,(H,32,37)(H,39,40)(H2,33,34,42). The van der Waals surface area contributed by atoms with Gasteiger partial charge in [-0.05, 0) is 67.3 Å². The number of nitrogens with zero attached hydrogens (tertiary/aromatic N) is 2. The summed E-state index contributed by atoms with van der Waals surface area (Å²) in [4.78, 5) is 65.1. The van der Waals surface area contributed by atoms with Crippen LogP contribution in [0.3, 0.4) is 0 Å². The van der Waals surface area contributed by atoms with Crippen LogP contribution < -0.4 is 16.0 Å². The Bertz CT molecular complexity index is 1400. The maximum absolute atomic E-state index is 13.3. The van der Waals surface area contributed by atoms with E-state index in [4.69, 9.17) is 9.52 Å². The van der Waals surface area contributed by atoms with Gasteiger partial charge in [0.1, 0.15) is 6.54 Å². The Balaban J connectivity index is 1.61. The molecule has 0 atom stereocenters. The molecule has 4 N–H and O–H groups in total. The molecule has 1 aromatic heterocycles. The first-order chi connectivity index (χ1) is 20.5. The van der Waals surface area contributed by atoms with Crippen LogP contribution in [0.2, 0.25) is 0 Å². The second-order valence-corrected chi connectivity index (χ2v) is 10.4. The number of anilines is 3. The van der Waals surface area contributed by atoms with Crippen molar-refractivity contribution in [3.05, 3.63) is 78.3 Å². The van der Waals surface area contributed by atoms with E-state index in [1.165, 1.54) is 23.3 Å². The van der Waals surface area contributed by atoms with Gasteiger partial charge in [-0.15, -0.1) is 0 Å². The van der Waals surface area contributed by atoms with Crippen molar-refractivity contribution >= 4 is 46.8 Å². The average Bonchev–Trinajstić information content (AvgIpc) is 3.50. The van der Waals surface area contributed by atoms with Gasteiger partial charge in [0.25, 0.3) is 5.91 Å². The third-order valence-electron chi connectivity index (χ3n) is 6.42. The molecule has 0 radical (unpaired) electrons. The van der Waals surface area contributed by atoms with E-state index in [-0.39, 0.29) is 37.7 Å². The van der Waals surface area contributed by atoms with Gasteiger partial charge in [-0.2, -0.15) is 0 Å². The van der Waals surface area contributed by atoms with Gasteiger partial charge in [0.2, 0.25) is 11.8 Å². The first kappa shape index (κ1) is 32.4. The zero-order valence-electron chi connectivity index (χ0n) is 24.5. The number of carboxylic acids is 1. The third-order valence-corrected chi connectivity index (χ3v) is 6.42. The number of urea groups is 1. The maximum Gasteiger partial charge on any atom is 0.323 e. The highest BCUT2D eigenvalue weighted by Crippen LogP contribution is 2.17. The monoisotopic (exact) mass is 591 g/mol. The van der Waals surface area contributed by atoms with Crippen LogP contribution in [-0.4, -0.2) is 70.8 Å². The van der Waals surface area contributed by atoms with Crippen molar-refractivity contribution in [2.75, 3.05) is 42.1 Å². The number of aryl methyl sites for hydroxylation is 1. The van der Waals surface area contributed by atoms with Crippen LogP contribution >= 0.6 is 0 Å². The summed E-state index contributed by atoms with van der Waals surface area (Å²) < 4.78 is 5.14. The van der Waals surface area contributed by atoms with Crippen molar-refractivity contribution in [1.29, 1.82) is 0 Å². The zero-order valence-corrected chi connectivity index (χ0v) is 24.5. The van der Waals surface area contributed by atoms with Crippen molar-refractivity contribution in [1.82, 2.24) is 9.80 Å². The number of carbonyl (C=O) groups is 5. The van der Waals surface area contributed by atoms with E-state index in [1.54, 1.807) is 30.3 Å². The highest BCUT2D eigenvalue weighted by Gasteiger charge is 2.25. The summed E-state index contributed by atoms with van der Waals surface area (Å²) in [5, 5.41) is 17.4. The highest BCUT2D eigenvalue weighted by molar-refractivity contribution is 6.01. The first-order valence-corrected chi connectivity index (χ1v) is 13.9. The largest absolute Gasteiger partial charge is 0.481 e. The lowest BCUT2D eigenvalue weighted by Gasteiger charge is -2.27. The van der Waals surface area contributed by atoms with E-state index in [1.807, 2.05) is 39.0 Å². The lowest BCUT2D eigenvalue weighted by Crippen LogP contribution is -2.46. The van der Waals surface area contributed by atoms with E-state index in [2.05, 4.69) is 16.0 Å². The number of para-hydroxylation sites is 1. The van der Waals surface area contributed by atoms with Gasteiger partial charge in [-0.3, -0.25) is 19.2 Å². The highest BCUT2D eigenvalue weighted by atomic mass is 16.4. The SMILES string of the molecule is Cc1ccccc1NC(=O)Nc1ccc(NC(=O)CN(CCC(C)C)C(=O)CN(CCC(=O)O)C(=O)c2ccco2)cc1. The molecule has 0 aliphatic heterocycles. The summed E-state index contributed by atoms with van der Waals surface area (Å²) in [7, 11) is 0. The molecule has 5 amide bonds. The Morgan fingerprint density at radius 2 is 1.49 bits per heavy atom. The van der Waals surface area contributed by atoms with E-state index in [9.17, 15) is 24.0 Å². The van der Waals surface area contributed by atoms with Crippen LogP contribution in [-0.2, 0) is 14.4 Å². The maximum atomic E-state index is 13.3. The Hall–Kier alpha value is -5.13. The number of nitrogens with one attached hydrogen (secondary N) is 3. The number of hydrogen-bond acceptors (Lipinski definition) is 6. The minimum Gasteiger partial charge on any atom is -0.481 e. The van der Waals surface area contributed by atoms with Gasteiger partial charge in [0, 0.05) is 30.2 Å². The van der Waals surface area contributed by atoms with Crippen LogP contribution in [0.15, 0.2) is 71.3 Å². The van der Waals surface area contributed by atoms with Crippen LogP contribution in [0.4, 0.5) is 21.9 Å².